The van der Waals surface area contributed by atoms with Crippen LogP contribution in [0.3, 0.4) is 0 Å². The molecule has 1 aliphatic rings. The van der Waals surface area contributed by atoms with Crippen LogP contribution < -0.4 is 10.2 Å². The van der Waals surface area contributed by atoms with Gasteiger partial charge in [0, 0.05) is 25.2 Å². The van der Waals surface area contributed by atoms with E-state index in [0.29, 0.717) is 19.1 Å². The zero-order valence-corrected chi connectivity index (χ0v) is 17.7. The van der Waals surface area contributed by atoms with Gasteiger partial charge in [-0.3, -0.25) is 9.36 Å². The second kappa shape index (κ2) is 9.08. The van der Waals surface area contributed by atoms with Gasteiger partial charge in [-0.1, -0.05) is 32.5 Å². The van der Waals surface area contributed by atoms with Gasteiger partial charge >= 0.3 is 0 Å². The van der Waals surface area contributed by atoms with Crippen molar-refractivity contribution in [2.24, 2.45) is 5.92 Å². The first-order chi connectivity index (χ1) is 12.2. The highest BCUT2D eigenvalue weighted by atomic mass is 32.2. The summed E-state index contributed by atoms with van der Waals surface area (Å²) in [5.74, 6) is 1.38. The van der Waals surface area contributed by atoms with Crippen LogP contribution in [0.1, 0.15) is 48.0 Å². The number of anilines is 1. The number of rotatable bonds is 8. The molecule has 0 bridgehead atoms. The SMILES string of the molecule is CCC(C)(C)NC(=O)C(C)Sc1nnc(N2CCOCC2)n1CC(C)C. The number of ether oxygens (including phenoxy) is 1. The van der Waals surface area contributed by atoms with Crippen molar-refractivity contribution >= 4 is 23.6 Å². The molecule has 1 amide bonds. The molecule has 0 spiro atoms. The quantitative estimate of drug-likeness (QED) is 0.696. The molecule has 1 unspecified atom stereocenters. The highest BCUT2D eigenvalue weighted by Crippen LogP contribution is 2.27. The minimum Gasteiger partial charge on any atom is -0.378 e. The third kappa shape index (κ3) is 5.61. The second-order valence-corrected chi connectivity index (χ2v) is 9.18. The molecule has 1 saturated heterocycles. The van der Waals surface area contributed by atoms with E-state index in [1.165, 1.54) is 11.8 Å². The largest absolute Gasteiger partial charge is 0.378 e. The number of aromatic nitrogens is 3. The molecule has 0 aliphatic carbocycles. The number of morpholine rings is 1. The van der Waals surface area contributed by atoms with Gasteiger partial charge in [0.1, 0.15) is 0 Å². The smallest absolute Gasteiger partial charge is 0.233 e. The lowest BCUT2D eigenvalue weighted by atomic mass is 10.0. The van der Waals surface area contributed by atoms with Gasteiger partial charge in [0.25, 0.3) is 0 Å². The van der Waals surface area contributed by atoms with Gasteiger partial charge in [-0.05, 0) is 33.1 Å². The van der Waals surface area contributed by atoms with Crippen molar-refractivity contribution in [3.63, 3.8) is 0 Å². The molecule has 0 saturated carbocycles. The van der Waals surface area contributed by atoms with Crippen molar-refractivity contribution in [3.05, 3.63) is 0 Å². The van der Waals surface area contributed by atoms with Gasteiger partial charge in [-0.15, -0.1) is 10.2 Å². The maximum atomic E-state index is 12.5. The first-order valence-corrected chi connectivity index (χ1v) is 10.4. The number of hydrogen-bond donors (Lipinski definition) is 1. The maximum Gasteiger partial charge on any atom is 0.233 e. The van der Waals surface area contributed by atoms with Crippen molar-refractivity contribution in [2.45, 2.75) is 70.5 Å². The van der Waals surface area contributed by atoms with Crippen LogP contribution in [0.15, 0.2) is 5.16 Å². The Morgan fingerprint density at radius 1 is 1.27 bits per heavy atom. The lowest BCUT2D eigenvalue weighted by Crippen LogP contribution is -2.46. The summed E-state index contributed by atoms with van der Waals surface area (Å²) < 4.78 is 7.59. The molecule has 0 aromatic carbocycles. The van der Waals surface area contributed by atoms with E-state index < -0.39 is 0 Å². The van der Waals surface area contributed by atoms with E-state index in [0.717, 1.165) is 37.2 Å². The third-order valence-corrected chi connectivity index (χ3v) is 5.62. The summed E-state index contributed by atoms with van der Waals surface area (Å²) in [4.78, 5) is 14.8. The highest BCUT2D eigenvalue weighted by molar-refractivity contribution is 8.00. The Bertz CT molecular complexity index is 596. The van der Waals surface area contributed by atoms with Crippen molar-refractivity contribution in [2.75, 3.05) is 31.2 Å². The zero-order valence-electron chi connectivity index (χ0n) is 16.9. The third-order valence-electron chi connectivity index (χ3n) is 4.54. The lowest BCUT2D eigenvalue weighted by Gasteiger charge is -2.28. The number of carbonyl (C=O) groups excluding carboxylic acids is 1. The first kappa shape index (κ1) is 21.0. The summed E-state index contributed by atoms with van der Waals surface area (Å²) in [5.41, 5.74) is -0.198. The summed E-state index contributed by atoms with van der Waals surface area (Å²) in [6, 6.07) is 0. The van der Waals surface area contributed by atoms with Crippen LogP contribution in [0.5, 0.6) is 0 Å². The normalized spacial score (nSPS) is 16.8. The fourth-order valence-electron chi connectivity index (χ4n) is 2.63. The molecule has 8 heteroatoms. The average molecular weight is 384 g/mol. The van der Waals surface area contributed by atoms with Crippen LogP contribution in [0.4, 0.5) is 5.95 Å². The van der Waals surface area contributed by atoms with Crippen LogP contribution in [-0.4, -0.2) is 57.8 Å². The minimum absolute atomic E-state index is 0.0360. The molecule has 7 nitrogen and oxygen atoms in total. The number of amides is 1. The molecule has 1 aromatic heterocycles. The number of carbonyl (C=O) groups is 1. The van der Waals surface area contributed by atoms with Crippen molar-refractivity contribution in [3.8, 4) is 0 Å². The van der Waals surface area contributed by atoms with Gasteiger partial charge in [-0.2, -0.15) is 0 Å². The number of thioether (sulfide) groups is 1. The van der Waals surface area contributed by atoms with Crippen molar-refractivity contribution < 1.29 is 9.53 Å². The van der Waals surface area contributed by atoms with Gasteiger partial charge < -0.3 is 15.0 Å². The number of hydrogen-bond acceptors (Lipinski definition) is 6. The highest BCUT2D eigenvalue weighted by Gasteiger charge is 2.26. The van der Waals surface area contributed by atoms with E-state index in [1.54, 1.807) is 0 Å². The molecule has 1 aliphatic heterocycles. The number of nitrogens with zero attached hydrogens (tertiary/aromatic N) is 4. The van der Waals surface area contributed by atoms with E-state index in [-0.39, 0.29) is 16.7 Å². The summed E-state index contributed by atoms with van der Waals surface area (Å²) in [7, 11) is 0. The monoisotopic (exact) mass is 383 g/mol. The lowest BCUT2D eigenvalue weighted by molar-refractivity contribution is -0.121. The van der Waals surface area contributed by atoms with Gasteiger partial charge in [0.2, 0.25) is 11.9 Å². The molecule has 2 heterocycles. The molecular weight excluding hydrogens is 350 g/mol. The zero-order chi connectivity index (χ0) is 19.3. The molecule has 1 fully saturated rings. The Labute approximate surface area is 161 Å². The van der Waals surface area contributed by atoms with Crippen LogP contribution in [0, 0.1) is 5.92 Å². The van der Waals surface area contributed by atoms with E-state index in [1.807, 2.05) is 20.8 Å². The van der Waals surface area contributed by atoms with E-state index in [2.05, 4.69) is 45.8 Å². The Morgan fingerprint density at radius 3 is 2.50 bits per heavy atom. The van der Waals surface area contributed by atoms with Gasteiger partial charge in [-0.25, -0.2) is 0 Å². The van der Waals surface area contributed by atoms with E-state index in [9.17, 15) is 4.79 Å². The van der Waals surface area contributed by atoms with E-state index >= 15 is 0 Å². The summed E-state index contributed by atoms with van der Waals surface area (Å²) >= 11 is 1.48. The molecular formula is C18H33N5O2S. The molecule has 148 valence electrons. The Balaban J connectivity index is 2.14. The summed E-state index contributed by atoms with van der Waals surface area (Å²) in [6.45, 7) is 16.3. The Kier molecular flexibility index (Phi) is 7.34. The molecule has 0 radical (unpaired) electrons. The van der Waals surface area contributed by atoms with Crippen LogP contribution >= 0.6 is 11.8 Å². The molecule has 1 atom stereocenters. The minimum atomic E-state index is -0.228. The van der Waals surface area contributed by atoms with Gasteiger partial charge in [0.15, 0.2) is 5.16 Å². The Hall–Kier alpha value is -1.28. The summed E-state index contributed by atoms with van der Waals surface area (Å²) in [6.07, 6.45) is 0.890. The van der Waals surface area contributed by atoms with E-state index in [4.69, 9.17) is 4.74 Å². The molecule has 2 rings (SSSR count). The standard InChI is InChI=1S/C18H33N5O2S/c1-7-18(5,6)19-15(24)14(4)26-17-21-20-16(23(17)12-13(2)3)22-8-10-25-11-9-22/h13-14H,7-12H2,1-6H3,(H,19,24). The van der Waals surface area contributed by atoms with Crippen molar-refractivity contribution in [1.29, 1.82) is 0 Å². The van der Waals surface area contributed by atoms with Crippen molar-refractivity contribution in [1.82, 2.24) is 20.1 Å². The fraction of sp³-hybridized carbons (Fsp3) is 0.833. The average Bonchev–Trinajstić information content (AvgIpc) is 2.97. The fourth-order valence-corrected chi connectivity index (χ4v) is 3.48. The molecule has 1 aromatic rings. The maximum absolute atomic E-state index is 12.5. The first-order valence-electron chi connectivity index (χ1n) is 9.48. The molecule has 1 N–H and O–H groups in total. The number of nitrogens with one attached hydrogen (secondary N) is 1. The van der Waals surface area contributed by atoms with Gasteiger partial charge in [0.05, 0.1) is 18.5 Å². The predicted octanol–water partition coefficient (Wildman–Crippen LogP) is 2.56. The van der Waals surface area contributed by atoms with Crippen LogP contribution in [0.2, 0.25) is 0 Å². The Morgan fingerprint density at radius 2 is 1.92 bits per heavy atom. The molecule has 26 heavy (non-hydrogen) atoms. The van der Waals surface area contributed by atoms with Crippen LogP contribution in [0.25, 0.3) is 0 Å². The topological polar surface area (TPSA) is 72.3 Å². The predicted molar refractivity (Wildman–Crippen MR) is 106 cm³/mol. The van der Waals surface area contributed by atoms with Crippen LogP contribution in [-0.2, 0) is 16.1 Å². The second-order valence-electron chi connectivity index (χ2n) is 7.87. The summed E-state index contributed by atoms with van der Waals surface area (Å²) in [5, 5.41) is 12.5.